The first kappa shape index (κ1) is 17.0. The average Bonchev–Trinajstić information content (AvgIpc) is 2.61. The molecule has 126 valence electrons. The Morgan fingerprint density at radius 2 is 1.80 bits per heavy atom. The fraction of sp³-hybridized carbons (Fsp3) is 0.100. The van der Waals surface area contributed by atoms with Crippen LogP contribution < -0.4 is 10.6 Å². The molecule has 0 spiro atoms. The number of hydrogen-bond acceptors (Lipinski definition) is 3. The second kappa shape index (κ2) is 7.81. The highest BCUT2D eigenvalue weighted by Crippen LogP contribution is 2.20. The molecule has 1 heterocycles. The number of nitrogens with one attached hydrogen (secondary N) is 2. The van der Waals surface area contributed by atoms with Crippen molar-refractivity contribution in [3.05, 3.63) is 83.0 Å². The molecule has 1 aromatic heterocycles. The second-order valence-corrected chi connectivity index (χ2v) is 6.16. The van der Waals surface area contributed by atoms with E-state index in [9.17, 15) is 4.79 Å². The molecule has 5 heteroatoms. The van der Waals surface area contributed by atoms with Crippen molar-refractivity contribution in [1.82, 2.24) is 4.98 Å². The third-order valence-electron chi connectivity index (χ3n) is 3.73. The molecule has 0 aliphatic rings. The van der Waals surface area contributed by atoms with E-state index in [1.807, 2.05) is 49.4 Å². The molecule has 0 saturated carbocycles. The highest BCUT2D eigenvalue weighted by Gasteiger charge is 2.05. The van der Waals surface area contributed by atoms with Crippen LogP contribution in [0.1, 0.15) is 11.1 Å². The first-order valence-electron chi connectivity index (χ1n) is 7.93. The van der Waals surface area contributed by atoms with Crippen molar-refractivity contribution < 1.29 is 4.79 Å². The van der Waals surface area contributed by atoms with Crippen LogP contribution in [0.2, 0.25) is 5.02 Å². The Morgan fingerprint density at radius 3 is 2.48 bits per heavy atom. The van der Waals surface area contributed by atoms with Crippen molar-refractivity contribution in [3.63, 3.8) is 0 Å². The molecule has 3 rings (SSSR count). The van der Waals surface area contributed by atoms with Crippen molar-refractivity contribution in [3.8, 4) is 0 Å². The molecule has 4 nitrogen and oxygen atoms in total. The summed E-state index contributed by atoms with van der Waals surface area (Å²) < 4.78 is 0. The molecule has 1 amide bonds. The topological polar surface area (TPSA) is 54.0 Å². The Kier molecular flexibility index (Phi) is 5.31. The summed E-state index contributed by atoms with van der Waals surface area (Å²) in [7, 11) is 0. The lowest BCUT2D eigenvalue weighted by Crippen LogP contribution is -2.15. The van der Waals surface area contributed by atoms with Crippen LogP contribution in [-0.2, 0) is 11.2 Å². The van der Waals surface area contributed by atoms with Gasteiger partial charge in [-0.15, -0.1) is 0 Å². The summed E-state index contributed by atoms with van der Waals surface area (Å²) >= 11 is 5.84. The summed E-state index contributed by atoms with van der Waals surface area (Å²) in [6.45, 7) is 2.04. The summed E-state index contributed by atoms with van der Waals surface area (Å²) in [5.41, 5.74) is 3.96. The van der Waals surface area contributed by atoms with Crippen molar-refractivity contribution >= 4 is 34.7 Å². The zero-order valence-corrected chi connectivity index (χ0v) is 14.5. The minimum atomic E-state index is -0.116. The number of anilines is 3. The van der Waals surface area contributed by atoms with Gasteiger partial charge in [0.05, 0.1) is 18.3 Å². The molecule has 25 heavy (non-hydrogen) atoms. The summed E-state index contributed by atoms with van der Waals surface area (Å²) in [5.74, 6) is 0.406. The van der Waals surface area contributed by atoms with E-state index >= 15 is 0 Å². The van der Waals surface area contributed by atoms with E-state index in [4.69, 9.17) is 11.6 Å². The molecule has 0 bridgehead atoms. The zero-order valence-electron chi connectivity index (χ0n) is 13.8. The van der Waals surface area contributed by atoms with E-state index in [1.165, 1.54) is 0 Å². The van der Waals surface area contributed by atoms with Gasteiger partial charge < -0.3 is 10.6 Å². The number of aryl methyl sites for hydroxylation is 1. The third kappa shape index (κ3) is 4.81. The van der Waals surface area contributed by atoms with E-state index in [1.54, 1.807) is 24.4 Å². The number of pyridine rings is 1. The molecule has 2 aromatic carbocycles. The Bertz CT molecular complexity index is 861. The molecule has 0 aliphatic heterocycles. The Morgan fingerprint density at radius 1 is 1.04 bits per heavy atom. The number of aromatic nitrogens is 1. The number of hydrogen-bond donors (Lipinski definition) is 2. The smallest absolute Gasteiger partial charge is 0.229 e. The zero-order chi connectivity index (χ0) is 17.6. The Hall–Kier alpha value is -2.85. The van der Waals surface area contributed by atoms with Gasteiger partial charge >= 0.3 is 0 Å². The van der Waals surface area contributed by atoms with Gasteiger partial charge in [0.2, 0.25) is 5.91 Å². The lowest BCUT2D eigenvalue weighted by molar-refractivity contribution is -0.115. The van der Waals surface area contributed by atoms with Gasteiger partial charge in [0.15, 0.2) is 0 Å². The SMILES string of the molecule is Cc1ccccc1Nc1ccc(NC(=O)Cc2ccc(Cl)cc2)nc1. The van der Waals surface area contributed by atoms with Gasteiger partial charge in [0.1, 0.15) is 5.82 Å². The summed E-state index contributed by atoms with van der Waals surface area (Å²) in [6.07, 6.45) is 1.98. The van der Waals surface area contributed by atoms with Crippen LogP contribution in [0.4, 0.5) is 17.2 Å². The molecule has 0 radical (unpaired) electrons. The van der Waals surface area contributed by atoms with Gasteiger partial charge in [-0.1, -0.05) is 41.9 Å². The maximum atomic E-state index is 12.1. The number of benzene rings is 2. The average molecular weight is 352 g/mol. The minimum Gasteiger partial charge on any atom is -0.354 e. The maximum Gasteiger partial charge on any atom is 0.229 e. The van der Waals surface area contributed by atoms with Crippen molar-refractivity contribution in [2.75, 3.05) is 10.6 Å². The lowest BCUT2D eigenvalue weighted by atomic mass is 10.1. The standard InChI is InChI=1S/C20H18ClN3O/c1-14-4-2-3-5-18(14)23-17-10-11-19(22-13-17)24-20(25)12-15-6-8-16(21)9-7-15/h2-11,13,23H,12H2,1H3,(H,22,24,25). The highest BCUT2D eigenvalue weighted by molar-refractivity contribution is 6.30. The van der Waals surface area contributed by atoms with Crippen LogP contribution in [0.25, 0.3) is 0 Å². The van der Waals surface area contributed by atoms with Crippen LogP contribution in [0.5, 0.6) is 0 Å². The molecule has 0 saturated heterocycles. The van der Waals surface area contributed by atoms with E-state index in [0.29, 0.717) is 10.8 Å². The quantitative estimate of drug-likeness (QED) is 0.682. The van der Waals surface area contributed by atoms with Crippen molar-refractivity contribution in [1.29, 1.82) is 0 Å². The van der Waals surface area contributed by atoms with Gasteiger partial charge in [0.25, 0.3) is 0 Å². The predicted octanol–water partition coefficient (Wildman–Crippen LogP) is 4.97. The predicted molar refractivity (Wildman–Crippen MR) is 102 cm³/mol. The number of amides is 1. The Balaban J connectivity index is 1.59. The van der Waals surface area contributed by atoms with E-state index in [2.05, 4.69) is 15.6 Å². The van der Waals surface area contributed by atoms with Crippen LogP contribution in [0.15, 0.2) is 66.9 Å². The largest absolute Gasteiger partial charge is 0.354 e. The van der Waals surface area contributed by atoms with E-state index < -0.39 is 0 Å². The first-order chi connectivity index (χ1) is 12.1. The molecular formula is C20H18ClN3O. The number of carbonyl (C=O) groups excluding carboxylic acids is 1. The summed E-state index contributed by atoms with van der Waals surface area (Å²) in [5, 5.41) is 6.76. The molecule has 0 aliphatic carbocycles. The van der Waals surface area contributed by atoms with Crippen LogP contribution in [-0.4, -0.2) is 10.9 Å². The number of rotatable bonds is 5. The lowest BCUT2D eigenvalue weighted by Gasteiger charge is -2.10. The minimum absolute atomic E-state index is 0.116. The molecule has 3 aromatic rings. The van der Waals surface area contributed by atoms with Gasteiger partial charge in [-0.3, -0.25) is 4.79 Å². The van der Waals surface area contributed by atoms with E-state index in [0.717, 1.165) is 22.5 Å². The van der Waals surface area contributed by atoms with Crippen LogP contribution in [0.3, 0.4) is 0 Å². The van der Waals surface area contributed by atoms with Gasteiger partial charge in [0, 0.05) is 10.7 Å². The van der Waals surface area contributed by atoms with Gasteiger partial charge in [-0.05, 0) is 48.4 Å². The van der Waals surface area contributed by atoms with E-state index in [-0.39, 0.29) is 12.3 Å². The van der Waals surface area contributed by atoms with Crippen LogP contribution in [0, 0.1) is 6.92 Å². The molecule has 0 unspecified atom stereocenters. The fourth-order valence-electron chi connectivity index (χ4n) is 2.39. The van der Waals surface area contributed by atoms with Crippen LogP contribution >= 0.6 is 11.6 Å². The first-order valence-corrected chi connectivity index (χ1v) is 8.31. The fourth-order valence-corrected chi connectivity index (χ4v) is 2.51. The molecule has 0 fully saturated rings. The van der Waals surface area contributed by atoms with Crippen molar-refractivity contribution in [2.45, 2.75) is 13.3 Å². The van der Waals surface area contributed by atoms with Crippen molar-refractivity contribution in [2.24, 2.45) is 0 Å². The second-order valence-electron chi connectivity index (χ2n) is 5.72. The summed E-state index contributed by atoms with van der Waals surface area (Å²) in [4.78, 5) is 16.4. The van der Waals surface area contributed by atoms with Gasteiger partial charge in [-0.25, -0.2) is 4.98 Å². The molecular weight excluding hydrogens is 334 g/mol. The highest BCUT2D eigenvalue weighted by atomic mass is 35.5. The summed E-state index contributed by atoms with van der Waals surface area (Å²) in [6, 6.07) is 18.9. The monoisotopic (exact) mass is 351 g/mol. The maximum absolute atomic E-state index is 12.1. The Labute approximate surface area is 151 Å². The number of nitrogens with zero attached hydrogens (tertiary/aromatic N) is 1. The normalized spacial score (nSPS) is 10.3. The molecule has 0 atom stereocenters. The number of carbonyl (C=O) groups is 1. The third-order valence-corrected chi connectivity index (χ3v) is 3.98. The number of halogens is 1. The van der Waals surface area contributed by atoms with Gasteiger partial charge in [-0.2, -0.15) is 0 Å². The number of para-hydroxylation sites is 1. The molecule has 2 N–H and O–H groups in total.